The van der Waals surface area contributed by atoms with Crippen LogP contribution < -0.4 is 9.62 Å². The van der Waals surface area contributed by atoms with Crippen molar-refractivity contribution in [2.45, 2.75) is 77.4 Å². The SMILES string of the molecule is Cc1ccccc1N(CCCC(=O)N(Cc1ccc(Cl)c(Cl)c1)[C@H](C)C(=O)NC1CCCCC1)S(C)(=O)=O. The molecule has 0 bridgehead atoms. The van der Waals surface area contributed by atoms with Gasteiger partial charge in [-0.25, -0.2) is 8.42 Å². The van der Waals surface area contributed by atoms with Gasteiger partial charge in [0.05, 0.1) is 22.0 Å². The van der Waals surface area contributed by atoms with Crippen LogP contribution in [-0.4, -0.2) is 50.0 Å². The Labute approximate surface area is 236 Å². The van der Waals surface area contributed by atoms with E-state index >= 15 is 0 Å². The smallest absolute Gasteiger partial charge is 0.242 e. The fraction of sp³-hybridized carbons (Fsp3) is 0.500. The lowest BCUT2D eigenvalue weighted by Gasteiger charge is -2.31. The Balaban J connectivity index is 1.74. The van der Waals surface area contributed by atoms with Crippen molar-refractivity contribution in [1.29, 1.82) is 0 Å². The van der Waals surface area contributed by atoms with Gasteiger partial charge in [0.1, 0.15) is 6.04 Å². The third-order valence-electron chi connectivity index (χ3n) is 6.99. The standard InChI is InChI=1S/C28H37Cl2N3O4S/c1-20-10-7-8-13-26(20)33(38(3,36)37)17-9-14-27(34)32(19-22-15-16-24(29)25(30)18-22)21(2)28(35)31-23-11-5-4-6-12-23/h7-8,10,13,15-16,18,21,23H,4-6,9,11-12,14,17,19H2,1-3H3,(H,31,35)/t21-/m1/s1. The van der Waals surface area contributed by atoms with Crippen LogP contribution in [0.3, 0.4) is 0 Å². The van der Waals surface area contributed by atoms with Gasteiger partial charge in [-0.2, -0.15) is 0 Å². The largest absolute Gasteiger partial charge is 0.352 e. The number of hydrogen-bond acceptors (Lipinski definition) is 4. The molecule has 0 saturated heterocycles. The van der Waals surface area contributed by atoms with Crippen LogP contribution in [0.1, 0.15) is 63.0 Å². The van der Waals surface area contributed by atoms with Crippen LogP contribution >= 0.6 is 23.2 Å². The molecule has 0 unspecified atom stereocenters. The number of anilines is 1. The maximum absolute atomic E-state index is 13.5. The summed E-state index contributed by atoms with van der Waals surface area (Å²) < 4.78 is 26.4. The lowest BCUT2D eigenvalue weighted by atomic mass is 9.95. The summed E-state index contributed by atoms with van der Waals surface area (Å²) in [6.45, 7) is 3.91. The van der Waals surface area contributed by atoms with Gasteiger partial charge < -0.3 is 10.2 Å². The number of nitrogens with zero attached hydrogens (tertiary/aromatic N) is 2. The summed E-state index contributed by atoms with van der Waals surface area (Å²) in [5.41, 5.74) is 2.18. The van der Waals surface area contributed by atoms with Gasteiger partial charge in [0.15, 0.2) is 0 Å². The third kappa shape index (κ3) is 8.35. The predicted octanol–water partition coefficient (Wildman–Crippen LogP) is 5.71. The molecule has 1 N–H and O–H groups in total. The van der Waals surface area contributed by atoms with Crippen LogP contribution in [-0.2, 0) is 26.2 Å². The molecule has 0 radical (unpaired) electrons. The quantitative estimate of drug-likeness (QED) is 0.368. The summed E-state index contributed by atoms with van der Waals surface area (Å²) in [7, 11) is -3.55. The van der Waals surface area contributed by atoms with Crippen molar-refractivity contribution in [3.63, 3.8) is 0 Å². The zero-order chi connectivity index (χ0) is 27.9. The molecule has 2 aromatic carbocycles. The highest BCUT2D eigenvalue weighted by atomic mass is 35.5. The fourth-order valence-corrected chi connectivity index (χ4v) is 6.16. The Morgan fingerprint density at radius 1 is 1.05 bits per heavy atom. The molecule has 0 heterocycles. The van der Waals surface area contributed by atoms with Crippen LogP contribution in [0.15, 0.2) is 42.5 Å². The van der Waals surface area contributed by atoms with Crippen molar-refractivity contribution in [3.8, 4) is 0 Å². The minimum atomic E-state index is -3.55. The van der Waals surface area contributed by atoms with Gasteiger partial charge in [0.25, 0.3) is 0 Å². The number of carbonyl (C=O) groups excluding carboxylic acids is 2. The van der Waals surface area contributed by atoms with Crippen LogP contribution in [0.2, 0.25) is 10.0 Å². The first-order valence-corrected chi connectivity index (χ1v) is 15.6. The van der Waals surface area contributed by atoms with Crippen molar-refractivity contribution >= 4 is 50.7 Å². The van der Waals surface area contributed by atoms with Gasteiger partial charge in [-0.05, 0) is 62.4 Å². The zero-order valence-corrected chi connectivity index (χ0v) is 24.6. The molecule has 1 fully saturated rings. The highest BCUT2D eigenvalue weighted by Crippen LogP contribution is 2.25. The highest BCUT2D eigenvalue weighted by molar-refractivity contribution is 7.92. The molecule has 3 rings (SSSR count). The summed E-state index contributed by atoms with van der Waals surface area (Å²) in [6, 6.07) is 11.8. The Morgan fingerprint density at radius 3 is 2.37 bits per heavy atom. The second-order valence-corrected chi connectivity index (χ2v) is 12.7. The Morgan fingerprint density at radius 2 is 1.74 bits per heavy atom. The normalized spacial score (nSPS) is 15.1. The van der Waals surface area contributed by atoms with E-state index in [4.69, 9.17) is 23.2 Å². The zero-order valence-electron chi connectivity index (χ0n) is 22.3. The predicted molar refractivity (Wildman–Crippen MR) is 154 cm³/mol. The molecule has 2 aromatic rings. The summed E-state index contributed by atoms with van der Waals surface area (Å²) in [5.74, 6) is -0.427. The topological polar surface area (TPSA) is 86.8 Å². The second kappa shape index (κ2) is 13.7. The lowest BCUT2D eigenvalue weighted by Crippen LogP contribution is -2.50. The number of halogens is 2. The van der Waals surface area contributed by atoms with Gasteiger partial charge in [0, 0.05) is 25.6 Å². The summed E-state index contributed by atoms with van der Waals surface area (Å²) >= 11 is 12.3. The highest BCUT2D eigenvalue weighted by Gasteiger charge is 2.28. The number of nitrogens with one attached hydrogen (secondary N) is 1. The molecular weight excluding hydrogens is 545 g/mol. The van der Waals surface area contributed by atoms with Gasteiger partial charge in [-0.1, -0.05) is 66.7 Å². The molecular formula is C28H37Cl2N3O4S. The van der Waals surface area contributed by atoms with E-state index in [2.05, 4.69) is 5.32 Å². The minimum Gasteiger partial charge on any atom is -0.352 e. The van der Waals surface area contributed by atoms with E-state index in [0.717, 1.165) is 43.1 Å². The van der Waals surface area contributed by atoms with E-state index in [0.29, 0.717) is 22.2 Å². The van der Waals surface area contributed by atoms with Crippen LogP contribution in [0.4, 0.5) is 5.69 Å². The molecule has 7 nitrogen and oxygen atoms in total. The number of carbonyl (C=O) groups is 2. The van der Waals surface area contributed by atoms with Crippen LogP contribution in [0.25, 0.3) is 0 Å². The first-order chi connectivity index (χ1) is 18.0. The van der Waals surface area contributed by atoms with Crippen LogP contribution in [0, 0.1) is 6.92 Å². The molecule has 1 saturated carbocycles. The van der Waals surface area contributed by atoms with Crippen LogP contribution in [0.5, 0.6) is 0 Å². The van der Waals surface area contributed by atoms with Gasteiger partial charge >= 0.3 is 0 Å². The monoisotopic (exact) mass is 581 g/mol. The van der Waals surface area contributed by atoms with E-state index in [9.17, 15) is 18.0 Å². The average molecular weight is 583 g/mol. The van der Waals surface area contributed by atoms with E-state index < -0.39 is 16.1 Å². The van der Waals surface area contributed by atoms with E-state index in [1.807, 2.05) is 19.1 Å². The maximum atomic E-state index is 13.5. The van der Waals surface area contributed by atoms with Crippen molar-refractivity contribution in [1.82, 2.24) is 10.2 Å². The molecule has 38 heavy (non-hydrogen) atoms. The molecule has 1 aliphatic rings. The van der Waals surface area contributed by atoms with Crippen molar-refractivity contribution in [2.75, 3.05) is 17.1 Å². The van der Waals surface area contributed by atoms with E-state index in [1.165, 1.54) is 15.6 Å². The molecule has 10 heteroatoms. The summed E-state index contributed by atoms with van der Waals surface area (Å²) in [6.07, 6.45) is 6.78. The summed E-state index contributed by atoms with van der Waals surface area (Å²) in [5, 5.41) is 3.90. The lowest BCUT2D eigenvalue weighted by molar-refractivity contribution is -0.141. The molecule has 0 spiro atoms. The Kier molecular flexibility index (Phi) is 10.9. The van der Waals surface area contributed by atoms with Crippen molar-refractivity contribution in [2.24, 2.45) is 0 Å². The second-order valence-electron chi connectivity index (χ2n) is 10.0. The first kappa shape index (κ1) is 30.3. The molecule has 0 aliphatic heterocycles. The van der Waals surface area contributed by atoms with E-state index in [1.54, 1.807) is 37.3 Å². The number of sulfonamides is 1. The number of benzene rings is 2. The molecule has 1 aliphatic carbocycles. The van der Waals surface area contributed by atoms with Gasteiger partial charge in [-0.15, -0.1) is 0 Å². The maximum Gasteiger partial charge on any atom is 0.242 e. The van der Waals surface area contributed by atoms with Crippen molar-refractivity contribution in [3.05, 3.63) is 63.6 Å². The third-order valence-corrected chi connectivity index (χ3v) is 8.91. The van der Waals surface area contributed by atoms with Gasteiger partial charge in [0.2, 0.25) is 21.8 Å². The minimum absolute atomic E-state index is 0.0836. The van der Waals surface area contributed by atoms with Gasteiger partial charge in [-0.3, -0.25) is 13.9 Å². The number of amides is 2. The molecule has 0 aromatic heterocycles. The Bertz CT molecular complexity index is 1230. The molecule has 1 atom stereocenters. The Hall–Kier alpha value is -2.29. The van der Waals surface area contributed by atoms with Crippen molar-refractivity contribution < 1.29 is 18.0 Å². The number of para-hydroxylation sites is 1. The number of rotatable bonds is 11. The number of hydrogen-bond donors (Lipinski definition) is 1. The molecule has 208 valence electrons. The number of aryl methyl sites for hydroxylation is 1. The average Bonchev–Trinajstić information content (AvgIpc) is 2.87. The summed E-state index contributed by atoms with van der Waals surface area (Å²) in [4.78, 5) is 28.2. The first-order valence-electron chi connectivity index (χ1n) is 13.0. The fourth-order valence-electron chi connectivity index (χ4n) is 4.81. The molecule has 2 amide bonds. The van der Waals surface area contributed by atoms with E-state index in [-0.39, 0.29) is 37.4 Å².